The van der Waals surface area contributed by atoms with E-state index in [0.717, 1.165) is 22.3 Å². The smallest absolute Gasteiger partial charge is 0.279 e. The van der Waals surface area contributed by atoms with Gasteiger partial charge in [-0.2, -0.15) is 4.98 Å². The van der Waals surface area contributed by atoms with Gasteiger partial charge < -0.3 is 9.88 Å². The summed E-state index contributed by atoms with van der Waals surface area (Å²) < 4.78 is 1.83. The second-order valence-electron chi connectivity index (χ2n) is 7.46. The number of carbonyl (C=O) groups is 1. The molecule has 4 rings (SSSR count). The van der Waals surface area contributed by atoms with Gasteiger partial charge in [0.05, 0.1) is 5.56 Å². The zero-order valence-electron chi connectivity index (χ0n) is 16.7. The van der Waals surface area contributed by atoms with Gasteiger partial charge in [-0.3, -0.25) is 9.59 Å². The lowest BCUT2D eigenvalue weighted by Gasteiger charge is -2.28. The number of aryl methyl sites for hydroxylation is 2. The zero-order chi connectivity index (χ0) is 20.5. The minimum Gasteiger partial charge on any atom is -0.312 e. The van der Waals surface area contributed by atoms with Gasteiger partial charge in [0.25, 0.3) is 5.56 Å². The number of nitrogens with zero attached hydrogens (tertiary/aromatic N) is 2. The van der Waals surface area contributed by atoms with E-state index < -0.39 is 0 Å². The summed E-state index contributed by atoms with van der Waals surface area (Å²) in [6, 6.07) is 16.2. The average molecular weight is 406 g/mol. The molecular formula is C23H23N3O2S. The SMILES string of the molecule is Cc1ccc(C)c(C2CC(=O)Nc3c2c(=O)nc(SCc2ccccc2)n3C)c1. The topological polar surface area (TPSA) is 64.0 Å². The molecule has 1 aromatic heterocycles. The lowest BCUT2D eigenvalue weighted by atomic mass is 9.84. The molecule has 5 nitrogen and oxygen atoms in total. The highest BCUT2D eigenvalue weighted by atomic mass is 32.2. The van der Waals surface area contributed by atoms with E-state index in [1.807, 2.05) is 67.9 Å². The Morgan fingerprint density at radius 2 is 1.90 bits per heavy atom. The number of anilines is 1. The number of hydrogen-bond acceptors (Lipinski definition) is 4. The molecule has 0 spiro atoms. The predicted molar refractivity (Wildman–Crippen MR) is 116 cm³/mol. The van der Waals surface area contributed by atoms with Gasteiger partial charge in [0.2, 0.25) is 5.91 Å². The second-order valence-corrected chi connectivity index (χ2v) is 8.40. The van der Waals surface area contributed by atoms with Gasteiger partial charge in [0.1, 0.15) is 5.82 Å². The van der Waals surface area contributed by atoms with E-state index in [0.29, 0.717) is 22.3 Å². The fraction of sp³-hybridized carbons (Fsp3) is 0.261. The minimum atomic E-state index is -0.280. The number of amides is 1. The maximum Gasteiger partial charge on any atom is 0.279 e. The van der Waals surface area contributed by atoms with Crippen LogP contribution < -0.4 is 10.9 Å². The van der Waals surface area contributed by atoms with Crippen molar-refractivity contribution in [3.05, 3.63) is 86.7 Å². The van der Waals surface area contributed by atoms with Crippen LogP contribution in [0.1, 0.15) is 40.2 Å². The molecule has 0 radical (unpaired) electrons. The Hall–Kier alpha value is -2.86. The minimum absolute atomic E-state index is 0.0800. The van der Waals surface area contributed by atoms with E-state index in [1.54, 1.807) is 0 Å². The average Bonchev–Trinajstić information content (AvgIpc) is 2.71. The first-order chi connectivity index (χ1) is 13.9. The number of fused-ring (bicyclic) bond motifs is 1. The largest absolute Gasteiger partial charge is 0.312 e. The Morgan fingerprint density at radius 1 is 1.14 bits per heavy atom. The van der Waals surface area contributed by atoms with Crippen LogP contribution in [0.15, 0.2) is 58.5 Å². The summed E-state index contributed by atoms with van der Waals surface area (Å²) in [6.07, 6.45) is 0.255. The summed E-state index contributed by atoms with van der Waals surface area (Å²) in [5, 5.41) is 3.51. The van der Waals surface area contributed by atoms with Crippen molar-refractivity contribution in [2.75, 3.05) is 5.32 Å². The molecule has 0 aliphatic carbocycles. The third-order valence-electron chi connectivity index (χ3n) is 5.32. The predicted octanol–water partition coefficient (Wildman–Crippen LogP) is 4.16. The van der Waals surface area contributed by atoms with Gasteiger partial charge in [0.15, 0.2) is 5.16 Å². The highest BCUT2D eigenvalue weighted by Gasteiger charge is 2.32. The highest BCUT2D eigenvalue weighted by molar-refractivity contribution is 7.98. The Morgan fingerprint density at radius 3 is 2.66 bits per heavy atom. The van der Waals surface area contributed by atoms with Gasteiger partial charge in [-0.15, -0.1) is 0 Å². The van der Waals surface area contributed by atoms with E-state index in [-0.39, 0.29) is 23.8 Å². The van der Waals surface area contributed by atoms with E-state index in [9.17, 15) is 9.59 Å². The first kappa shape index (κ1) is 19.5. The standard InChI is InChI=1S/C23H23N3O2S/c1-14-9-10-15(2)17(11-14)18-12-19(27)24-21-20(18)22(28)25-23(26(21)3)29-13-16-7-5-4-6-8-16/h4-11,18H,12-13H2,1-3H3,(H,24,27). The van der Waals surface area contributed by atoms with E-state index in [4.69, 9.17) is 0 Å². The van der Waals surface area contributed by atoms with Gasteiger partial charge in [0, 0.05) is 25.1 Å². The van der Waals surface area contributed by atoms with Gasteiger partial charge >= 0.3 is 0 Å². The summed E-state index contributed by atoms with van der Waals surface area (Å²) in [4.78, 5) is 29.9. The first-order valence-electron chi connectivity index (χ1n) is 9.58. The number of carbonyl (C=O) groups excluding carboxylic acids is 1. The summed E-state index contributed by atoms with van der Waals surface area (Å²) in [7, 11) is 1.85. The molecule has 1 N–H and O–H groups in total. The lowest BCUT2D eigenvalue weighted by molar-refractivity contribution is -0.116. The molecule has 29 heavy (non-hydrogen) atoms. The maximum atomic E-state index is 13.0. The van der Waals surface area contributed by atoms with Crippen molar-refractivity contribution in [3.63, 3.8) is 0 Å². The van der Waals surface area contributed by atoms with Gasteiger partial charge in [-0.25, -0.2) is 0 Å². The van der Waals surface area contributed by atoms with E-state index in [2.05, 4.69) is 16.4 Å². The molecule has 0 bridgehead atoms. The third-order valence-corrected chi connectivity index (χ3v) is 6.42. The van der Waals surface area contributed by atoms with Gasteiger partial charge in [-0.1, -0.05) is 65.9 Å². The fourth-order valence-electron chi connectivity index (χ4n) is 3.79. The van der Waals surface area contributed by atoms with Crippen molar-refractivity contribution >= 4 is 23.5 Å². The van der Waals surface area contributed by atoms with Crippen LogP contribution in [0.25, 0.3) is 0 Å². The van der Waals surface area contributed by atoms with Crippen molar-refractivity contribution in [1.29, 1.82) is 0 Å². The first-order valence-corrected chi connectivity index (χ1v) is 10.6. The number of aromatic nitrogens is 2. The lowest BCUT2D eigenvalue weighted by Crippen LogP contribution is -2.33. The van der Waals surface area contributed by atoms with Crippen molar-refractivity contribution in [1.82, 2.24) is 9.55 Å². The molecule has 1 aliphatic rings. The van der Waals surface area contributed by atoms with Crippen LogP contribution in [0.4, 0.5) is 5.82 Å². The van der Waals surface area contributed by atoms with E-state index >= 15 is 0 Å². The van der Waals surface area contributed by atoms with Crippen LogP contribution in [-0.4, -0.2) is 15.5 Å². The molecule has 0 fully saturated rings. The second kappa shape index (κ2) is 7.87. The zero-order valence-corrected chi connectivity index (χ0v) is 17.5. The molecule has 0 saturated carbocycles. The Labute approximate surface area is 174 Å². The Kier molecular flexibility index (Phi) is 5.28. The summed E-state index contributed by atoms with van der Waals surface area (Å²) >= 11 is 1.49. The van der Waals surface area contributed by atoms with Crippen LogP contribution in [0.2, 0.25) is 0 Å². The molecule has 2 heterocycles. The molecule has 1 amide bonds. The third kappa shape index (κ3) is 3.85. The number of thioether (sulfide) groups is 1. The fourth-order valence-corrected chi connectivity index (χ4v) is 4.71. The van der Waals surface area contributed by atoms with Crippen molar-refractivity contribution < 1.29 is 4.79 Å². The van der Waals surface area contributed by atoms with E-state index in [1.165, 1.54) is 11.8 Å². The summed E-state index contributed by atoms with van der Waals surface area (Å²) in [6.45, 7) is 4.04. The summed E-state index contributed by atoms with van der Waals surface area (Å²) in [5.41, 5.74) is 4.67. The van der Waals surface area contributed by atoms with Crippen LogP contribution >= 0.6 is 11.8 Å². The molecular weight excluding hydrogens is 382 g/mol. The Balaban J connectivity index is 1.76. The quantitative estimate of drug-likeness (QED) is 0.523. The molecule has 2 aromatic carbocycles. The van der Waals surface area contributed by atoms with Crippen LogP contribution in [-0.2, 0) is 17.6 Å². The van der Waals surface area contributed by atoms with Crippen LogP contribution in [0.3, 0.4) is 0 Å². The maximum absolute atomic E-state index is 13.0. The number of rotatable bonds is 4. The molecule has 1 aliphatic heterocycles. The van der Waals surface area contributed by atoms with Crippen molar-refractivity contribution in [2.45, 2.75) is 37.1 Å². The molecule has 6 heteroatoms. The highest BCUT2D eigenvalue weighted by Crippen LogP contribution is 2.37. The summed E-state index contributed by atoms with van der Waals surface area (Å²) in [5.74, 6) is 0.901. The molecule has 1 atom stereocenters. The van der Waals surface area contributed by atoms with Crippen LogP contribution in [0.5, 0.6) is 0 Å². The number of hydrogen-bond donors (Lipinski definition) is 1. The molecule has 1 unspecified atom stereocenters. The van der Waals surface area contributed by atoms with Gasteiger partial charge in [-0.05, 0) is 30.5 Å². The van der Waals surface area contributed by atoms with Crippen LogP contribution in [0, 0.1) is 13.8 Å². The normalized spacial score (nSPS) is 15.7. The number of benzene rings is 2. The molecule has 3 aromatic rings. The van der Waals surface area contributed by atoms with Crippen molar-refractivity contribution in [2.24, 2.45) is 7.05 Å². The Bertz CT molecular complexity index is 1140. The number of nitrogens with one attached hydrogen (secondary N) is 1. The molecule has 148 valence electrons. The monoisotopic (exact) mass is 405 g/mol. The molecule has 0 saturated heterocycles. The van der Waals surface area contributed by atoms with Crippen molar-refractivity contribution in [3.8, 4) is 0 Å².